The third kappa shape index (κ3) is 5.43. The lowest BCUT2D eigenvalue weighted by Gasteiger charge is -2.27. The molecule has 5 nitrogen and oxygen atoms in total. The van der Waals surface area contributed by atoms with Crippen LogP contribution in [0.5, 0.6) is 0 Å². The molecule has 0 radical (unpaired) electrons. The zero-order valence-electron chi connectivity index (χ0n) is 10.5. The molecule has 1 rings (SSSR count). The van der Waals surface area contributed by atoms with Crippen LogP contribution in [0.1, 0.15) is 20.8 Å². The van der Waals surface area contributed by atoms with E-state index in [9.17, 15) is 5.11 Å². The van der Waals surface area contributed by atoms with E-state index in [1.807, 2.05) is 20.8 Å². The van der Waals surface area contributed by atoms with E-state index in [0.717, 1.165) is 4.47 Å². The molecule has 0 saturated carbocycles. The standard InChI is InChI=1S/C11H18BrN3O2/c1-11(2,3)17-9(16)7-15(4)10-13-5-8(12)6-14-10/h5-6,9,16H,7H2,1-4H3. The Morgan fingerprint density at radius 3 is 2.41 bits per heavy atom. The summed E-state index contributed by atoms with van der Waals surface area (Å²) < 4.78 is 6.22. The van der Waals surface area contributed by atoms with E-state index in [4.69, 9.17) is 4.74 Å². The molecule has 6 heteroatoms. The second-order valence-corrected chi connectivity index (χ2v) is 5.68. The lowest BCUT2D eigenvalue weighted by molar-refractivity contribution is -0.159. The Hall–Kier alpha value is -0.720. The first-order chi connectivity index (χ1) is 7.78. The fourth-order valence-electron chi connectivity index (χ4n) is 1.26. The van der Waals surface area contributed by atoms with Crippen LogP contribution in [0.2, 0.25) is 0 Å². The van der Waals surface area contributed by atoms with E-state index in [-0.39, 0.29) is 5.60 Å². The molecule has 0 saturated heterocycles. The molecule has 0 amide bonds. The third-order valence-corrected chi connectivity index (χ3v) is 2.28. The van der Waals surface area contributed by atoms with Gasteiger partial charge >= 0.3 is 0 Å². The predicted molar refractivity (Wildman–Crippen MR) is 69.8 cm³/mol. The zero-order chi connectivity index (χ0) is 13.1. The number of halogens is 1. The van der Waals surface area contributed by atoms with Crippen molar-refractivity contribution in [3.63, 3.8) is 0 Å². The Bertz CT molecular complexity index is 351. The van der Waals surface area contributed by atoms with Gasteiger partial charge in [0, 0.05) is 19.4 Å². The van der Waals surface area contributed by atoms with Crippen LogP contribution in [0.25, 0.3) is 0 Å². The van der Waals surface area contributed by atoms with E-state index >= 15 is 0 Å². The maximum atomic E-state index is 9.74. The van der Waals surface area contributed by atoms with Gasteiger partial charge in [-0.25, -0.2) is 9.97 Å². The lowest BCUT2D eigenvalue weighted by atomic mass is 10.2. The van der Waals surface area contributed by atoms with E-state index in [0.29, 0.717) is 12.5 Å². The minimum Gasteiger partial charge on any atom is -0.366 e. The predicted octanol–water partition coefficient (Wildman–Crippen LogP) is 1.81. The summed E-state index contributed by atoms with van der Waals surface area (Å²) in [6, 6.07) is 0. The van der Waals surface area contributed by atoms with Crippen LogP contribution in [-0.4, -0.2) is 40.6 Å². The molecule has 0 aliphatic carbocycles. The molecule has 1 N–H and O–H groups in total. The van der Waals surface area contributed by atoms with Crippen LogP contribution in [0.15, 0.2) is 16.9 Å². The van der Waals surface area contributed by atoms with Crippen LogP contribution in [0.4, 0.5) is 5.95 Å². The number of aromatic nitrogens is 2. The highest BCUT2D eigenvalue weighted by atomic mass is 79.9. The second-order valence-electron chi connectivity index (χ2n) is 4.77. The van der Waals surface area contributed by atoms with Crippen molar-refractivity contribution in [1.29, 1.82) is 0 Å². The van der Waals surface area contributed by atoms with Crippen molar-refractivity contribution in [2.24, 2.45) is 0 Å². The summed E-state index contributed by atoms with van der Waals surface area (Å²) in [6.07, 6.45) is 2.46. The Balaban J connectivity index is 2.54. The molecule has 1 atom stereocenters. The van der Waals surface area contributed by atoms with Crippen molar-refractivity contribution in [2.75, 3.05) is 18.5 Å². The molecule has 17 heavy (non-hydrogen) atoms. The van der Waals surface area contributed by atoms with Gasteiger partial charge in [-0.2, -0.15) is 0 Å². The fourth-order valence-corrected chi connectivity index (χ4v) is 1.47. The second kappa shape index (κ2) is 5.75. The van der Waals surface area contributed by atoms with Crippen LogP contribution in [-0.2, 0) is 4.74 Å². The summed E-state index contributed by atoms with van der Waals surface area (Å²) in [4.78, 5) is 10.00. The zero-order valence-corrected chi connectivity index (χ0v) is 12.1. The number of ether oxygens (including phenoxy) is 1. The Labute approximate surface area is 110 Å². The van der Waals surface area contributed by atoms with Gasteiger partial charge in [-0.15, -0.1) is 0 Å². The molecule has 1 unspecified atom stereocenters. The highest BCUT2D eigenvalue weighted by Crippen LogP contribution is 2.13. The first-order valence-corrected chi connectivity index (χ1v) is 6.12. The van der Waals surface area contributed by atoms with Crippen LogP contribution in [0.3, 0.4) is 0 Å². The fraction of sp³-hybridized carbons (Fsp3) is 0.636. The van der Waals surface area contributed by atoms with Gasteiger partial charge in [0.2, 0.25) is 5.95 Å². The van der Waals surface area contributed by atoms with E-state index < -0.39 is 6.29 Å². The van der Waals surface area contributed by atoms with Crippen LogP contribution >= 0.6 is 15.9 Å². The number of anilines is 1. The highest BCUT2D eigenvalue weighted by molar-refractivity contribution is 9.10. The summed E-state index contributed by atoms with van der Waals surface area (Å²) in [6.45, 7) is 6.00. The van der Waals surface area contributed by atoms with Gasteiger partial charge in [0.05, 0.1) is 16.6 Å². The molecule has 0 bridgehead atoms. The molecule has 0 aliphatic rings. The number of rotatable bonds is 4. The molecular formula is C11H18BrN3O2. The quantitative estimate of drug-likeness (QED) is 0.860. The maximum absolute atomic E-state index is 9.74. The molecule has 96 valence electrons. The number of aliphatic hydroxyl groups excluding tert-OH is 1. The molecule has 0 fully saturated rings. The largest absolute Gasteiger partial charge is 0.366 e. The van der Waals surface area contributed by atoms with Crippen molar-refractivity contribution in [3.8, 4) is 0 Å². The smallest absolute Gasteiger partial charge is 0.225 e. The summed E-state index contributed by atoms with van der Waals surface area (Å²) in [5.74, 6) is 0.546. The van der Waals surface area contributed by atoms with E-state index in [1.165, 1.54) is 0 Å². The molecule has 1 aromatic heterocycles. The van der Waals surface area contributed by atoms with Crippen molar-refractivity contribution >= 4 is 21.9 Å². The first kappa shape index (κ1) is 14.3. The van der Waals surface area contributed by atoms with Gasteiger partial charge in [-0.05, 0) is 36.7 Å². The van der Waals surface area contributed by atoms with Crippen molar-refractivity contribution in [2.45, 2.75) is 32.7 Å². The van der Waals surface area contributed by atoms with Crippen LogP contribution < -0.4 is 4.90 Å². The topological polar surface area (TPSA) is 58.5 Å². The SMILES string of the molecule is CN(CC(O)OC(C)(C)C)c1ncc(Br)cn1. The van der Waals surface area contributed by atoms with Gasteiger partial charge in [0.1, 0.15) is 0 Å². The Morgan fingerprint density at radius 1 is 1.41 bits per heavy atom. The molecule has 1 aromatic rings. The minimum atomic E-state index is -0.868. The van der Waals surface area contributed by atoms with Crippen molar-refractivity contribution < 1.29 is 9.84 Å². The van der Waals surface area contributed by atoms with E-state index in [2.05, 4.69) is 25.9 Å². The average molecular weight is 304 g/mol. The summed E-state index contributed by atoms with van der Waals surface area (Å²) >= 11 is 3.27. The monoisotopic (exact) mass is 303 g/mol. The van der Waals surface area contributed by atoms with E-state index in [1.54, 1.807) is 24.3 Å². The Kier molecular flexibility index (Phi) is 4.85. The number of aliphatic hydroxyl groups is 1. The number of hydrogen-bond donors (Lipinski definition) is 1. The molecule has 0 aromatic carbocycles. The van der Waals surface area contributed by atoms with Gasteiger partial charge in [0.15, 0.2) is 6.29 Å². The molecule has 0 aliphatic heterocycles. The maximum Gasteiger partial charge on any atom is 0.225 e. The molecule has 1 heterocycles. The minimum absolute atomic E-state index is 0.318. The third-order valence-electron chi connectivity index (χ3n) is 1.87. The lowest BCUT2D eigenvalue weighted by Crippen LogP contribution is -2.36. The number of hydrogen-bond acceptors (Lipinski definition) is 5. The molecule has 0 spiro atoms. The van der Waals surface area contributed by atoms with Crippen LogP contribution in [0, 0.1) is 0 Å². The summed E-state index contributed by atoms with van der Waals surface area (Å²) in [7, 11) is 1.80. The molecular weight excluding hydrogens is 286 g/mol. The van der Waals surface area contributed by atoms with Crippen molar-refractivity contribution in [3.05, 3.63) is 16.9 Å². The van der Waals surface area contributed by atoms with Crippen molar-refractivity contribution in [1.82, 2.24) is 9.97 Å². The first-order valence-electron chi connectivity index (χ1n) is 5.32. The average Bonchev–Trinajstić information content (AvgIpc) is 2.15. The van der Waals surface area contributed by atoms with Gasteiger partial charge in [-0.1, -0.05) is 0 Å². The van der Waals surface area contributed by atoms with Gasteiger partial charge in [-0.3, -0.25) is 0 Å². The number of likely N-dealkylation sites (N-methyl/N-ethyl adjacent to an activating group) is 1. The number of nitrogens with zero attached hydrogens (tertiary/aromatic N) is 3. The summed E-state index contributed by atoms with van der Waals surface area (Å²) in [5.41, 5.74) is -0.374. The Morgan fingerprint density at radius 2 is 1.94 bits per heavy atom. The van der Waals surface area contributed by atoms with Gasteiger partial charge < -0.3 is 14.7 Å². The van der Waals surface area contributed by atoms with Gasteiger partial charge in [0.25, 0.3) is 0 Å². The summed E-state index contributed by atoms with van der Waals surface area (Å²) in [5, 5.41) is 9.74. The normalized spacial score (nSPS) is 13.5. The highest BCUT2D eigenvalue weighted by Gasteiger charge is 2.18.